The molecule has 0 unspecified atom stereocenters. The van der Waals surface area contributed by atoms with Gasteiger partial charge >= 0.3 is 0 Å². The lowest BCUT2D eigenvalue weighted by atomic mass is 10.2. The molecule has 1 N–H and O–H groups in total. The predicted octanol–water partition coefficient (Wildman–Crippen LogP) is 0.135. The molecule has 7 nitrogen and oxygen atoms in total. The van der Waals surface area contributed by atoms with Crippen LogP contribution in [0.25, 0.3) is 10.9 Å². The minimum atomic E-state index is -0.563. The van der Waals surface area contributed by atoms with Gasteiger partial charge in [-0.25, -0.2) is 4.39 Å². The van der Waals surface area contributed by atoms with Gasteiger partial charge in [0.25, 0.3) is 5.91 Å². The van der Waals surface area contributed by atoms with Crippen molar-refractivity contribution >= 4 is 16.8 Å². The molecule has 1 saturated heterocycles. The topological polar surface area (TPSA) is 76.5 Å². The highest BCUT2D eigenvalue weighted by Gasteiger charge is 2.17. The summed E-state index contributed by atoms with van der Waals surface area (Å²) in [5.41, 5.74) is -0.310. The smallest absolute Gasteiger partial charge is 0.275 e. The molecule has 0 saturated carbocycles. The molecule has 1 aliphatic rings. The standard InChI is InChI=1S/C16H19FN4O3/c1-20-13-3-2-11(17)10-12(13)15(22)14(19-20)16(23)18-4-5-21-6-8-24-9-7-21/h2-3,10H,4-9H2,1H3,(H,18,23). The van der Waals surface area contributed by atoms with Crippen molar-refractivity contribution in [3.8, 4) is 0 Å². The van der Waals surface area contributed by atoms with Gasteiger partial charge in [0.2, 0.25) is 5.43 Å². The molecule has 0 spiro atoms. The third-order valence-corrected chi connectivity index (χ3v) is 4.05. The molecule has 0 aliphatic carbocycles. The summed E-state index contributed by atoms with van der Waals surface area (Å²) in [5.74, 6) is -1.07. The highest BCUT2D eigenvalue weighted by molar-refractivity contribution is 5.95. The van der Waals surface area contributed by atoms with Crippen LogP contribution in [0.3, 0.4) is 0 Å². The van der Waals surface area contributed by atoms with E-state index in [1.807, 2.05) is 0 Å². The average Bonchev–Trinajstić information content (AvgIpc) is 2.58. The van der Waals surface area contributed by atoms with Crippen molar-refractivity contribution in [3.05, 3.63) is 39.9 Å². The third-order valence-electron chi connectivity index (χ3n) is 4.05. The van der Waals surface area contributed by atoms with Gasteiger partial charge in [-0.1, -0.05) is 0 Å². The van der Waals surface area contributed by atoms with E-state index in [0.717, 1.165) is 19.2 Å². The first kappa shape index (κ1) is 16.5. The summed E-state index contributed by atoms with van der Waals surface area (Å²) in [6, 6.07) is 3.86. The van der Waals surface area contributed by atoms with E-state index in [9.17, 15) is 14.0 Å². The first-order valence-corrected chi connectivity index (χ1v) is 7.81. The number of fused-ring (bicyclic) bond motifs is 1. The van der Waals surface area contributed by atoms with Crippen molar-refractivity contribution in [2.24, 2.45) is 7.05 Å². The summed E-state index contributed by atoms with van der Waals surface area (Å²) in [7, 11) is 1.62. The number of hydrogen-bond acceptors (Lipinski definition) is 5. The van der Waals surface area contributed by atoms with Gasteiger partial charge in [0.05, 0.1) is 24.1 Å². The van der Waals surface area contributed by atoms with Crippen molar-refractivity contribution in [1.82, 2.24) is 20.0 Å². The van der Waals surface area contributed by atoms with Crippen LogP contribution in [0.5, 0.6) is 0 Å². The lowest BCUT2D eigenvalue weighted by Gasteiger charge is -2.26. The van der Waals surface area contributed by atoms with Gasteiger partial charge < -0.3 is 10.1 Å². The number of aromatic nitrogens is 2. The van der Waals surface area contributed by atoms with Crippen molar-refractivity contribution in [2.75, 3.05) is 39.4 Å². The van der Waals surface area contributed by atoms with Gasteiger partial charge in [-0.3, -0.25) is 19.2 Å². The summed E-state index contributed by atoms with van der Waals surface area (Å²) in [6.45, 7) is 4.11. The van der Waals surface area contributed by atoms with Gasteiger partial charge in [0, 0.05) is 33.2 Å². The van der Waals surface area contributed by atoms with E-state index in [2.05, 4.69) is 15.3 Å². The van der Waals surface area contributed by atoms with Gasteiger partial charge in [0.1, 0.15) is 5.82 Å². The molecule has 8 heteroatoms. The average molecular weight is 334 g/mol. The quantitative estimate of drug-likeness (QED) is 0.860. The lowest BCUT2D eigenvalue weighted by molar-refractivity contribution is 0.0383. The fourth-order valence-corrected chi connectivity index (χ4v) is 2.73. The first-order chi connectivity index (χ1) is 11.6. The monoisotopic (exact) mass is 334 g/mol. The maximum absolute atomic E-state index is 13.4. The second-order valence-corrected chi connectivity index (χ2v) is 5.67. The van der Waals surface area contributed by atoms with Crippen molar-refractivity contribution in [3.63, 3.8) is 0 Å². The van der Waals surface area contributed by atoms with Crippen LogP contribution in [0.15, 0.2) is 23.0 Å². The van der Waals surface area contributed by atoms with E-state index in [1.165, 1.54) is 16.8 Å². The number of carbonyl (C=O) groups is 1. The summed E-state index contributed by atoms with van der Waals surface area (Å²) >= 11 is 0. The van der Waals surface area contributed by atoms with Crippen LogP contribution in [0.4, 0.5) is 4.39 Å². The maximum atomic E-state index is 13.4. The number of rotatable bonds is 4. The molecule has 1 fully saturated rings. The number of hydrogen-bond donors (Lipinski definition) is 1. The van der Waals surface area contributed by atoms with E-state index in [0.29, 0.717) is 31.8 Å². The van der Waals surface area contributed by atoms with Gasteiger partial charge in [-0.2, -0.15) is 5.10 Å². The zero-order chi connectivity index (χ0) is 17.1. The number of benzene rings is 1. The highest BCUT2D eigenvalue weighted by atomic mass is 19.1. The molecule has 24 heavy (non-hydrogen) atoms. The summed E-state index contributed by atoms with van der Waals surface area (Å²) in [6.07, 6.45) is 0. The molecule has 2 aromatic rings. The number of nitrogens with zero attached hydrogens (tertiary/aromatic N) is 3. The van der Waals surface area contributed by atoms with Crippen molar-refractivity contribution in [2.45, 2.75) is 0 Å². The molecule has 1 amide bonds. The molecule has 1 aromatic heterocycles. The normalized spacial score (nSPS) is 15.6. The largest absolute Gasteiger partial charge is 0.379 e. The van der Waals surface area contributed by atoms with Crippen LogP contribution in [0.2, 0.25) is 0 Å². The predicted molar refractivity (Wildman–Crippen MR) is 86.5 cm³/mol. The zero-order valence-corrected chi connectivity index (χ0v) is 13.4. The molecular formula is C16H19FN4O3. The fourth-order valence-electron chi connectivity index (χ4n) is 2.73. The van der Waals surface area contributed by atoms with E-state index in [1.54, 1.807) is 7.05 Å². The van der Waals surface area contributed by atoms with Crippen molar-refractivity contribution in [1.29, 1.82) is 0 Å². The van der Waals surface area contributed by atoms with Crippen molar-refractivity contribution < 1.29 is 13.9 Å². The van der Waals surface area contributed by atoms with Crippen LogP contribution in [-0.4, -0.2) is 60.0 Å². The number of morpholine rings is 1. The summed E-state index contributed by atoms with van der Waals surface area (Å²) < 4.78 is 20.1. The lowest BCUT2D eigenvalue weighted by Crippen LogP contribution is -2.42. The molecular weight excluding hydrogens is 315 g/mol. The van der Waals surface area contributed by atoms with E-state index < -0.39 is 17.2 Å². The van der Waals surface area contributed by atoms with Crippen LogP contribution in [0.1, 0.15) is 10.5 Å². The molecule has 3 rings (SSSR count). The number of aryl methyl sites for hydroxylation is 1. The summed E-state index contributed by atoms with van der Waals surface area (Å²) in [5, 5.41) is 6.88. The second kappa shape index (κ2) is 7.06. The molecule has 1 aromatic carbocycles. The molecule has 0 atom stereocenters. The SMILES string of the molecule is Cn1nc(C(=O)NCCN2CCOCC2)c(=O)c2cc(F)ccc21. The molecule has 2 heterocycles. The van der Waals surface area contributed by atoms with Crippen LogP contribution in [-0.2, 0) is 11.8 Å². The molecule has 1 aliphatic heterocycles. The Kier molecular flexibility index (Phi) is 4.86. The Morgan fingerprint density at radius 2 is 2.12 bits per heavy atom. The molecule has 128 valence electrons. The van der Waals surface area contributed by atoms with Gasteiger partial charge in [-0.05, 0) is 18.2 Å². The van der Waals surface area contributed by atoms with Gasteiger partial charge in [0.15, 0.2) is 5.69 Å². The third kappa shape index (κ3) is 3.44. The second-order valence-electron chi connectivity index (χ2n) is 5.67. The van der Waals surface area contributed by atoms with Gasteiger partial charge in [-0.15, -0.1) is 0 Å². The first-order valence-electron chi connectivity index (χ1n) is 7.81. The Balaban J connectivity index is 1.74. The van der Waals surface area contributed by atoms with E-state index >= 15 is 0 Å². The Bertz CT molecular complexity index is 815. The fraction of sp³-hybridized carbons (Fsp3) is 0.438. The zero-order valence-electron chi connectivity index (χ0n) is 13.4. The molecule has 0 radical (unpaired) electrons. The van der Waals surface area contributed by atoms with E-state index in [4.69, 9.17) is 4.74 Å². The van der Waals surface area contributed by atoms with Crippen LogP contribution < -0.4 is 10.7 Å². The van der Waals surface area contributed by atoms with Crippen LogP contribution in [0, 0.1) is 5.82 Å². The minimum Gasteiger partial charge on any atom is -0.379 e. The highest BCUT2D eigenvalue weighted by Crippen LogP contribution is 2.11. The Hall–Kier alpha value is -2.32. The minimum absolute atomic E-state index is 0.144. The maximum Gasteiger partial charge on any atom is 0.275 e. The number of ether oxygens (including phenoxy) is 1. The Labute approximate surface area is 138 Å². The number of halogens is 1. The Morgan fingerprint density at radius 1 is 1.38 bits per heavy atom. The van der Waals surface area contributed by atoms with Crippen LogP contribution >= 0.6 is 0 Å². The molecule has 0 bridgehead atoms. The summed E-state index contributed by atoms with van der Waals surface area (Å²) in [4.78, 5) is 26.8. The number of carbonyl (C=O) groups excluding carboxylic acids is 1. The Morgan fingerprint density at radius 3 is 2.88 bits per heavy atom. The number of amides is 1. The number of nitrogens with one attached hydrogen (secondary N) is 1. The van der Waals surface area contributed by atoms with E-state index in [-0.39, 0.29) is 11.1 Å².